The molecule has 0 aromatic carbocycles. The van der Waals surface area contributed by atoms with Gasteiger partial charge in [-0.05, 0) is 55.5 Å². The Balaban J connectivity index is 1.56. The third kappa shape index (κ3) is 4.81. The molecule has 0 radical (unpaired) electrons. The van der Waals surface area contributed by atoms with Crippen LogP contribution in [-0.2, 0) is 30.6 Å². The molecule has 1 amide bonds. The van der Waals surface area contributed by atoms with Gasteiger partial charge in [0.1, 0.15) is 4.83 Å². The van der Waals surface area contributed by atoms with Crippen molar-refractivity contribution in [2.75, 3.05) is 6.54 Å². The maximum atomic E-state index is 13.4. The number of nitrogens with one attached hydrogen (secondary N) is 1. The van der Waals surface area contributed by atoms with Crippen LogP contribution < -0.4 is 10.9 Å². The summed E-state index contributed by atoms with van der Waals surface area (Å²) in [4.78, 5) is 34.2. The Morgan fingerprint density at radius 2 is 2.35 bits per heavy atom. The number of aryl methyl sites for hydroxylation is 1. The van der Waals surface area contributed by atoms with Gasteiger partial charge in [-0.1, -0.05) is 30.8 Å². The molecule has 0 saturated heterocycles. The fourth-order valence-electron chi connectivity index (χ4n) is 3.90. The topological polar surface area (TPSA) is 64.0 Å². The van der Waals surface area contributed by atoms with E-state index in [0.717, 1.165) is 35.9 Å². The zero-order valence-electron chi connectivity index (χ0n) is 17.8. The molecule has 0 saturated carbocycles. The van der Waals surface area contributed by atoms with Crippen molar-refractivity contribution < 1.29 is 4.79 Å². The van der Waals surface area contributed by atoms with Crippen LogP contribution in [0.1, 0.15) is 35.6 Å². The minimum atomic E-state index is -0.349. The van der Waals surface area contributed by atoms with Gasteiger partial charge in [-0.2, -0.15) is 0 Å². The van der Waals surface area contributed by atoms with Gasteiger partial charge < -0.3 is 5.32 Å². The molecule has 1 aliphatic carbocycles. The molecule has 0 bridgehead atoms. The molecular weight excluding hydrogens is 446 g/mol. The Bertz CT molecular complexity index is 1150. The summed E-state index contributed by atoms with van der Waals surface area (Å²) >= 11 is 4.68. The number of aromatic nitrogens is 2. The van der Waals surface area contributed by atoms with Gasteiger partial charge in [-0.15, -0.1) is 29.3 Å². The van der Waals surface area contributed by atoms with Crippen molar-refractivity contribution in [3.8, 4) is 0 Å². The number of allylic oxidation sites excluding steroid dienone is 1. The van der Waals surface area contributed by atoms with Crippen molar-refractivity contribution in [2.45, 2.75) is 56.5 Å². The molecule has 5 nitrogen and oxygen atoms in total. The fourth-order valence-corrected chi connectivity index (χ4v) is 6.98. The number of rotatable bonds is 8. The van der Waals surface area contributed by atoms with E-state index >= 15 is 0 Å². The Labute approximate surface area is 194 Å². The highest BCUT2D eigenvalue weighted by Gasteiger charge is 2.25. The quantitative estimate of drug-likeness (QED) is 0.293. The van der Waals surface area contributed by atoms with E-state index in [9.17, 15) is 9.59 Å². The van der Waals surface area contributed by atoms with Gasteiger partial charge in [0.25, 0.3) is 5.56 Å². The Morgan fingerprint density at radius 1 is 1.52 bits per heavy atom. The molecule has 31 heavy (non-hydrogen) atoms. The highest BCUT2D eigenvalue weighted by molar-refractivity contribution is 8.00. The summed E-state index contributed by atoms with van der Waals surface area (Å²) in [7, 11) is 0. The van der Waals surface area contributed by atoms with Crippen LogP contribution in [0.5, 0.6) is 0 Å². The first kappa shape index (κ1) is 22.3. The molecular formula is C23H27N3O2S3. The van der Waals surface area contributed by atoms with Crippen LogP contribution in [-0.4, -0.2) is 27.3 Å². The lowest BCUT2D eigenvalue weighted by atomic mass is 9.89. The normalized spacial score (nSPS) is 16.8. The fraction of sp³-hybridized carbons (Fsp3) is 0.435. The first-order valence-corrected chi connectivity index (χ1v) is 13.2. The highest BCUT2D eigenvalue weighted by Crippen LogP contribution is 2.36. The summed E-state index contributed by atoms with van der Waals surface area (Å²) in [5.74, 6) is 0.600. The number of carbonyl (C=O) groups is 1. The van der Waals surface area contributed by atoms with Crippen molar-refractivity contribution in [3.05, 3.63) is 55.8 Å². The molecule has 0 fully saturated rings. The number of hydrogen-bond acceptors (Lipinski definition) is 6. The Morgan fingerprint density at radius 3 is 3.10 bits per heavy atom. The van der Waals surface area contributed by atoms with Gasteiger partial charge >= 0.3 is 0 Å². The SMILES string of the molecule is C=CCn1c(SC(C)C(=O)NCCc2cccs2)nc2sc3c(c2c1=O)CCC(C)C3. The molecule has 1 N–H and O–H groups in total. The van der Waals surface area contributed by atoms with E-state index in [1.54, 1.807) is 33.3 Å². The van der Waals surface area contributed by atoms with Crippen LogP contribution in [0.25, 0.3) is 10.2 Å². The third-order valence-electron chi connectivity index (χ3n) is 5.59. The minimum absolute atomic E-state index is 0.00948. The smallest absolute Gasteiger partial charge is 0.263 e. The molecule has 1 aliphatic rings. The van der Waals surface area contributed by atoms with E-state index in [2.05, 4.69) is 24.9 Å². The average Bonchev–Trinajstić information content (AvgIpc) is 3.37. The molecule has 4 rings (SSSR count). The summed E-state index contributed by atoms with van der Waals surface area (Å²) in [6, 6.07) is 4.09. The zero-order chi connectivity index (χ0) is 22.0. The van der Waals surface area contributed by atoms with Crippen molar-refractivity contribution in [1.29, 1.82) is 0 Å². The summed E-state index contributed by atoms with van der Waals surface area (Å²) < 4.78 is 1.67. The van der Waals surface area contributed by atoms with Crippen LogP contribution in [0.2, 0.25) is 0 Å². The molecule has 3 heterocycles. The first-order valence-electron chi connectivity index (χ1n) is 10.6. The summed E-state index contributed by atoms with van der Waals surface area (Å²) in [6.07, 6.45) is 5.61. The van der Waals surface area contributed by atoms with E-state index in [0.29, 0.717) is 24.2 Å². The number of amides is 1. The highest BCUT2D eigenvalue weighted by atomic mass is 32.2. The maximum Gasteiger partial charge on any atom is 0.263 e. The van der Waals surface area contributed by atoms with E-state index in [-0.39, 0.29) is 16.7 Å². The van der Waals surface area contributed by atoms with Crippen LogP contribution in [0.15, 0.2) is 40.1 Å². The van der Waals surface area contributed by atoms with E-state index in [4.69, 9.17) is 4.98 Å². The summed E-state index contributed by atoms with van der Waals surface area (Å²) in [5.41, 5.74) is 1.18. The predicted octanol–water partition coefficient (Wildman–Crippen LogP) is 4.67. The van der Waals surface area contributed by atoms with Crippen molar-refractivity contribution in [2.24, 2.45) is 5.92 Å². The second-order valence-electron chi connectivity index (χ2n) is 8.01. The monoisotopic (exact) mass is 473 g/mol. The summed E-state index contributed by atoms with van der Waals surface area (Å²) in [6.45, 7) is 8.92. The average molecular weight is 474 g/mol. The van der Waals surface area contributed by atoms with Crippen molar-refractivity contribution in [3.63, 3.8) is 0 Å². The molecule has 8 heteroatoms. The lowest BCUT2D eigenvalue weighted by Gasteiger charge is -2.18. The molecule has 2 unspecified atom stereocenters. The standard InChI is InChI=1S/C23H27N3O2S3/c1-4-11-26-22(28)19-17-8-7-14(2)13-18(17)31-21(19)25-23(26)30-15(3)20(27)24-10-9-16-6-5-12-29-16/h4-6,12,14-15H,1,7-11,13H2,2-3H3,(H,24,27). The van der Waals surface area contributed by atoms with Crippen LogP contribution >= 0.6 is 34.4 Å². The molecule has 3 aromatic rings. The minimum Gasteiger partial charge on any atom is -0.355 e. The zero-order valence-corrected chi connectivity index (χ0v) is 20.3. The van der Waals surface area contributed by atoms with Crippen molar-refractivity contribution in [1.82, 2.24) is 14.9 Å². The Kier molecular flexibility index (Phi) is 6.99. The Hall–Kier alpha value is -1.90. The lowest BCUT2D eigenvalue weighted by molar-refractivity contribution is -0.120. The van der Waals surface area contributed by atoms with Crippen molar-refractivity contribution >= 4 is 50.6 Å². The van der Waals surface area contributed by atoms with E-state index in [1.165, 1.54) is 27.1 Å². The van der Waals surface area contributed by atoms with E-state index < -0.39 is 0 Å². The number of carbonyl (C=O) groups excluding carboxylic acids is 1. The number of fused-ring (bicyclic) bond motifs is 3. The summed E-state index contributed by atoms with van der Waals surface area (Å²) in [5, 5.41) is 6.05. The van der Waals surface area contributed by atoms with Crippen LogP contribution in [0.4, 0.5) is 0 Å². The second kappa shape index (κ2) is 9.71. The number of hydrogen-bond donors (Lipinski definition) is 1. The van der Waals surface area contributed by atoms with Crippen LogP contribution in [0, 0.1) is 5.92 Å². The molecule has 0 spiro atoms. The maximum absolute atomic E-state index is 13.4. The van der Waals surface area contributed by atoms with Gasteiger partial charge in [0, 0.05) is 22.8 Å². The van der Waals surface area contributed by atoms with Gasteiger partial charge in [0.15, 0.2) is 5.16 Å². The molecule has 164 valence electrons. The van der Waals surface area contributed by atoms with Gasteiger partial charge in [0.05, 0.1) is 10.6 Å². The third-order valence-corrected chi connectivity index (χ3v) is 8.77. The van der Waals surface area contributed by atoms with Crippen LogP contribution in [0.3, 0.4) is 0 Å². The van der Waals surface area contributed by atoms with Gasteiger partial charge in [0.2, 0.25) is 5.91 Å². The van der Waals surface area contributed by atoms with Gasteiger partial charge in [-0.25, -0.2) is 4.98 Å². The first-order chi connectivity index (χ1) is 15.0. The number of thiophene rings is 2. The number of thioether (sulfide) groups is 1. The molecule has 0 aliphatic heterocycles. The van der Waals surface area contributed by atoms with E-state index in [1.807, 2.05) is 18.4 Å². The molecule has 2 atom stereocenters. The lowest BCUT2D eigenvalue weighted by Crippen LogP contribution is -2.33. The largest absolute Gasteiger partial charge is 0.355 e. The van der Waals surface area contributed by atoms with Gasteiger partial charge in [-0.3, -0.25) is 14.2 Å². The number of nitrogens with zero attached hydrogens (tertiary/aromatic N) is 2. The predicted molar refractivity (Wildman–Crippen MR) is 132 cm³/mol. The molecule has 3 aromatic heterocycles. The second-order valence-corrected chi connectivity index (χ2v) is 11.4.